The summed E-state index contributed by atoms with van der Waals surface area (Å²) in [6.45, 7) is 1.87. The summed E-state index contributed by atoms with van der Waals surface area (Å²) >= 11 is 0. The van der Waals surface area contributed by atoms with E-state index in [9.17, 15) is 0 Å². The Hall–Kier alpha value is -2.17. The fraction of sp³-hybridized carbons (Fsp3) is 0.308. The molecule has 1 heterocycles. The Balaban J connectivity index is 2.27. The second-order valence-corrected chi connectivity index (χ2v) is 3.93. The van der Waals surface area contributed by atoms with Gasteiger partial charge in [-0.15, -0.1) is 0 Å². The summed E-state index contributed by atoms with van der Waals surface area (Å²) in [5, 5.41) is 0. The van der Waals surface area contributed by atoms with Crippen molar-refractivity contribution >= 4 is 6.01 Å². The lowest BCUT2D eigenvalue weighted by Crippen LogP contribution is -1.94. The third-order valence-corrected chi connectivity index (χ3v) is 2.72. The van der Waals surface area contributed by atoms with E-state index >= 15 is 0 Å². The summed E-state index contributed by atoms with van der Waals surface area (Å²) in [7, 11) is 3.22. The number of benzene rings is 1. The van der Waals surface area contributed by atoms with Gasteiger partial charge in [0.25, 0.3) is 6.01 Å². The molecule has 0 amide bonds. The predicted octanol–water partition coefficient (Wildman–Crippen LogP) is 2.17. The second-order valence-electron chi connectivity index (χ2n) is 3.93. The molecule has 0 unspecified atom stereocenters. The summed E-state index contributed by atoms with van der Waals surface area (Å²) in [5.74, 6) is 2.16. The number of anilines is 1. The maximum absolute atomic E-state index is 5.51. The van der Waals surface area contributed by atoms with Gasteiger partial charge < -0.3 is 19.6 Å². The van der Waals surface area contributed by atoms with E-state index in [1.54, 1.807) is 14.2 Å². The van der Waals surface area contributed by atoms with Gasteiger partial charge in [0.05, 0.1) is 19.9 Å². The average molecular weight is 248 g/mol. The minimum atomic E-state index is 0.197. The van der Waals surface area contributed by atoms with Crippen LogP contribution in [0.5, 0.6) is 11.5 Å². The van der Waals surface area contributed by atoms with Crippen LogP contribution >= 0.6 is 0 Å². The molecule has 0 saturated carbocycles. The molecule has 2 aromatic rings. The van der Waals surface area contributed by atoms with Crippen LogP contribution in [0, 0.1) is 6.92 Å². The zero-order valence-corrected chi connectivity index (χ0v) is 10.7. The quantitative estimate of drug-likeness (QED) is 0.897. The van der Waals surface area contributed by atoms with Gasteiger partial charge in [-0.3, -0.25) is 0 Å². The first kappa shape index (κ1) is 12.3. The first-order valence-corrected chi connectivity index (χ1v) is 5.56. The van der Waals surface area contributed by atoms with Crippen LogP contribution in [0.15, 0.2) is 22.6 Å². The fourth-order valence-electron chi connectivity index (χ4n) is 1.79. The van der Waals surface area contributed by atoms with Crippen molar-refractivity contribution in [3.8, 4) is 11.5 Å². The Morgan fingerprint density at radius 2 is 1.94 bits per heavy atom. The number of oxazole rings is 1. The molecule has 1 aromatic carbocycles. The number of aromatic nitrogens is 1. The van der Waals surface area contributed by atoms with Crippen LogP contribution in [0.25, 0.3) is 0 Å². The maximum atomic E-state index is 5.51. The Morgan fingerprint density at radius 3 is 2.50 bits per heavy atom. The van der Waals surface area contributed by atoms with Crippen LogP contribution in [0.1, 0.15) is 17.0 Å². The number of hydrogen-bond donors (Lipinski definition) is 1. The first-order valence-electron chi connectivity index (χ1n) is 5.56. The molecule has 1 aromatic heterocycles. The molecule has 0 saturated heterocycles. The highest BCUT2D eigenvalue weighted by atomic mass is 16.5. The summed E-state index contributed by atoms with van der Waals surface area (Å²) in [4.78, 5) is 4.04. The Bertz CT molecular complexity index is 549. The monoisotopic (exact) mass is 248 g/mol. The van der Waals surface area contributed by atoms with Crippen molar-refractivity contribution in [1.82, 2.24) is 4.98 Å². The number of methoxy groups -OCH3 is 2. The van der Waals surface area contributed by atoms with Crippen LogP contribution in [-0.4, -0.2) is 19.2 Å². The number of nitrogen functional groups attached to an aromatic ring is 1. The van der Waals surface area contributed by atoms with E-state index < -0.39 is 0 Å². The molecule has 0 fully saturated rings. The molecule has 0 atom stereocenters. The number of ether oxygens (including phenoxy) is 2. The molecule has 0 aliphatic rings. The van der Waals surface area contributed by atoms with E-state index in [1.165, 1.54) is 0 Å². The van der Waals surface area contributed by atoms with Crippen LogP contribution in [0.4, 0.5) is 6.01 Å². The largest absolute Gasteiger partial charge is 0.493 e. The molecular weight excluding hydrogens is 232 g/mol. The number of nitrogens with zero attached hydrogens (tertiary/aromatic N) is 1. The average Bonchev–Trinajstić information content (AvgIpc) is 2.67. The van der Waals surface area contributed by atoms with Crippen LogP contribution in [0.2, 0.25) is 0 Å². The lowest BCUT2D eigenvalue weighted by molar-refractivity contribution is 0.354. The molecule has 5 nitrogen and oxygen atoms in total. The number of nitrogens with two attached hydrogens (primary N) is 1. The molecule has 0 spiro atoms. The Morgan fingerprint density at radius 1 is 1.22 bits per heavy atom. The van der Waals surface area contributed by atoms with E-state index in [0.717, 1.165) is 17.0 Å². The summed E-state index contributed by atoms with van der Waals surface area (Å²) in [6, 6.07) is 5.93. The topological polar surface area (TPSA) is 70.5 Å². The van der Waals surface area contributed by atoms with Gasteiger partial charge in [-0.1, -0.05) is 6.07 Å². The van der Waals surface area contributed by atoms with E-state index in [-0.39, 0.29) is 6.01 Å². The van der Waals surface area contributed by atoms with Crippen molar-refractivity contribution < 1.29 is 13.9 Å². The predicted molar refractivity (Wildman–Crippen MR) is 68.0 cm³/mol. The van der Waals surface area contributed by atoms with Gasteiger partial charge in [0, 0.05) is 6.42 Å². The Labute approximate surface area is 106 Å². The smallest absolute Gasteiger partial charge is 0.292 e. The minimum Gasteiger partial charge on any atom is -0.493 e. The summed E-state index contributed by atoms with van der Waals surface area (Å²) in [6.07, 6.45) is 0.621. The first-order chi connectivity index (χ1) is 8.63. The molecule has 0 aliphatic carbocycles. The molecule has 5 heteroatoms. The van der Waals surface area contributed by atoms with Crippen molar-refractivity contribution in [2.24, 2.45) is 0 Å². The van der Waals surface area contributed by atoms with E-state index in [0.29, 0.717) is 17.9 Å². The normalized spacial score (nSPS) is 10.4. The van der Waals surface area contributed by atoms with Crippen molar-refractivity contribution in [3.05, 3.63) is 35.2 Å². The fourth-order valence-corrected chi connectivity index (χ4v) is 1.79. The molecule has 0 bridgehead atoms. The Kier molecular flexibility index (Phi) is 3.41. The van der Waals surface area contributed by atoms with Gasteiger partial charge in [-0.2, -0.15) is 4.98 Å². The van der Waals surface area contributed by atoms with Crippen molar-refractivity contribution in [3.63, 3.8) is 0 Å². The zero-order chi connectivity index (χ0) is 13.1. The molecule has 96 valence electrons. The number of rotatable bonds is 4. The number of hydrogen-bond acceptors (Lipinski definition) is 5. The third kappa shape index (κ3) is 2.40. The molecule has 18 heavy (non-hydrogen) atoms. The molecule has 0 aliphatic heterocycles. The van der Waals surface area contributed by atoms with Gasteiger partial charge >= 0.3 is 0 Å². The van der Waals surface area contributed by atoms with Gasteiger partial charge in [0.15, 0.2) is 11.5 Å². The standard InChI is InChI=1S/C13H16N2O3/c1-8-11(18-13(14)15-8)6-9-4-5-10(16-2)12(7-9)17-3/h4-5,7H,6H2,1-3H3,(H2,14,15). The van der Waals surface area contributed by atoms with E-state index in [4.69, 9.17) is 19.6 Å². The lowest BCUT2D eigenvalue weighted by Gasteiger charge is -2.08. The van der Waals surface area contributed by atoms with Gasteiger partial charge in [-0.25, -0.2) is 0 Å². The summed E-state index contributed by atoms with van der Waals surface area (Å²) < 4.78 is 15.8. The van der Waals surface area contributed by atoms with Crippen molar-refractivity contribution in [2.75, 3.05) is 20.0 Å². The molecule has 0 radical (unpaired) electrons. The molecule has 2 N–H and O–H groups in total. The lowest BCUT2D eigenvalue weighted by atomic mass is 10.1. The van der Waals surface area contributed by atoms with Gasteiger partial charge in [-0.05, 0) is 24.6 Å². The highest BCUT2D eigenvalue weighted by molar-refractivity contribution is 5.44. The zero-order valence-electron chi connectivity index (χ0n) is 10.7. The SMILES string of the molecule is COc1ccc(Cc2oc(N)nc2C)cc1OC. The highest BCUT2D eigenvalue weighted by Gasteiger charge is 2.10. The number of aryl methyl sites for hydroxylation is 1. The maximum Gasteiger partial charge on any atom is 0.292 e. The van der Waals surface area contributed by atoms with Crippen LogP contribution < -0.4 is 15.2 Å². The summed E-state index contributed by atoms with van der Waals surface area (Å²) in [5.41, 5.74) is 7.37. The van der Waals surface area contributed by atoms with Crippen molar-refractivity contribution in [2.45, 2.75) is 13.3 Å². The molecule has 2 rings (SSSR count). The van der Waals surface area contributed by atoms with E-state index in [1.807, 2.05) is 25.1 Å². The second kappa shape index (κ2) is 5.00. The molecular formula is C13H16N2O3. The third-order valence-electron chi connectivity index (χ3n) is 2.72. The van der Waals surface area contributed by atoms with Crippen molar-refractivity contribution in [1.29, 1.82) is 0 Å². The highest BCUT2D eigenvalue weighted by Crippen LogP contribution is 2.29. The van der Waals surface area contributed by atoms with Gasteiger partial charge in [0.1, 0.15) is 5.76 Å². The van der Waals surface area contributed by atoms with Gasteiger partial charge in [0.2, 0.25) is 0 Å². The minimum absolute atomic E-state index is 0.197. The van der Waals surface area contributed by atoms with E-state index in [2.05, 4.69) is 4.98 Å². The van der Waals surface area contributed by atoms with Crippen LogP contribution in [-0.2, 0) is 6.42 Å². The van der Waals surface area contributed by atoms with Crippen LogP contribution in [0.3, 0.4) is 0 Å².